The minimum absolute atomic E-state index is 0.179. The van der Waals surface area contributed by atoms with E-state index in [2.05, 4.69) is 17.3 Å². The summed E-state index contributed by atoms with van der Waals surface area (Å²) in [4.78, 5) is 25.8. The summed E-state index contributed by atoms with van der Waals surface area (Å²) >= 11 is 6.29. The third-order valence-corrected chi connectivity index (χ3v) is 5.45. The highest BCUT2D eigenvalue weighted by Gasteiger charge is 2.19. The molecule has 1 aliphatic rings. The van der Waals surface area contributed by atoms with E-state index in [4.69, 9.17) is 21.1 Å². The number of nitrogens with one attached hydrogen (secondary N) is 1. The molecule has 0 spiro atoms. The van der Waals surface area contributed by atoms with E-state index in [0.717, 1.165) is 24.8 Å². The third-order valence-electron chi connectivity index (χ3n) is 5.17. The number of rotatable bonds is 7. The number of nitrogens with zero attached hydrogens (tertiary/aromatic N) is 2. The molecule has 0 unspecified atom stereocenters. The van der Waals surface area contributed by atoms with Crippen molar-refractivity contribution in [2.24, 2.45) is 0 Å². The molecule has 8 heteroatoms. The van der Waals surface area contributed by atoms with Gasteiger partial charge in [-0.25, -0.2) is 4.68 Å². The van der Waals surface area contributed by atoms with Crippen LogP contribution in [0.15, 0.2) is 41.2 Å². The summed E-state index contributed by atoms with van der Waals surface area (Å²) in [5, 5.41) is 8.74. The van der Waals surface area contributed by atoms with Crippen LogP contribution in [-0.4, -0.2) is 28.9 Å². The molecule has 1 N–H and O–H groups in total. The Hall–Kier alpha value is -3.06. The Bertz CT molecular complexity index is 1180. The van der Waals surface area contributed by atoms with Crippen LogP contribution < -0.4 is 20.3 Å². The van der Waals surface area contributed by atoms with E-state index in [1.54, 1.807) is 36.4 Å². The standard InChI is InChI=1S/C23H24ClN3O4/c1-2-3-6-9-27-23(29)17-8-5-4-7-16(17)20(26-27)22(28)25-14-15-12-18(24)21-19(13-15)30-10-11-31-21/h4-5,7-8,12-13H,2-3,6,9-11,14H2,1H3,(H,25,28). The van der Waals surface area contributed by atoms with Crippen LogP contribution in [0.4, 0.5) is 0 Å². The largest absolute Gasteiger partial charge is 0.486 e. The molecule has 1 aromatic heterocycles. The minimum Gasteiger partial charge on any atom is -0.486 e. The number of ether oxygens (including phenoxy) is 2. The molecular weight excluding hydrogens is 418 g/mol. The number of aryl methyl sites for hydroxylation is 1. The minimum atomic E-state index is -0.355. The lowest BCUT2D eigenvalue weighted by Gasteiger charge is -2.20. The second-order valence-electron chi connectivity index (χ2n) is 7.41. The van der Waals surface area contributed by atoms with Gasteiger partial charge in [-0.2, -0.15) is 5.10 Å². The zero-order valence-electron chi connectivity index (χ0n) is 17.3. The van der Waals surface area contributed by atoms with E-state index in [1.807, 2.05) is 0 Å². The van der Waals surface area contributed by atoms with Crippen LogP contribution in [0.1, 0.15) is 42.2 Å². The first-order valence-corrected chi connectivity index (χ1v) is 10.8. The number of amides is 1. The summed E-state index contributed by atoms with van der Waals surface area (Å²) in [6.07, 6.45) is 2.86. The normalized spacial score (nSPS) is 12.7. The van der Waals surface area contributed by atoms with Crippen LogP contribution in [0.3, 0.4) is 0 Å². The van der Waals surface area contributed by atoms with E-state index < -0.39 is 0 Å². The van der Waals surface area contributed by atoms with Gasteiger partial charge in [0.25, 0.3) is 11.5 Å². The summed E-state index contributed by atoms with van der Waals surface area (Å²) in [6.45, 7) is 3.72. The van der Waals surface area contributed by atoms with Gasteiger partial charge >= 0.3 is 0 Å². The molecule has 1 amide bonds. The fourth-order valence-corrected chi connectivity index (χ4v) is 3.89. The van der Waals surface area contributed by atoms with Crippen molar-refractivity contribution >= 4 is 28.3 Å². The second kappa shape index (κ2) is 9.39. The maximum atomic E-state index is 13.0. The van der Waals surface area contributed by atoms with Gasteiger partial charge < -0.3 is 14.8 Å². The first-order chi connectivity index (χ1) is 15.1. The molecule has 0 aliphatic carbocycles. The number of aromatic nitrogens is 2. The molecule has 0 radical (unpaired) electrons. The SMILES string of the molecule is CCCCCn1nc(C(=O)NCc2cc(Cl)c3c(c2)OCCO3)c2ccccc2c1=O. The van der Waals surface area contributed by atoms with E-state index in [1.165, 1.54) is 4.68 Å². The summed E-state index contributed by atoms with van der Waals surface area (Å²) in [7, 11) is 0. The van der Waals surface area contributed by atoms with Crippen molar-refractivity contribution in [3.8, 4) is 11.5 Å². The van der Waals surface area contributed by atoms with Gasteiger partial charge in [0.1, 0.15) is 13.2 Å². The second-order valence-corrected chi connectivity index (χ2v) is 7.82. The Morgan fingerprint density at radius 3 is 2.74 bits per heavy atom. The molecule has 3 aromatic rings. The van der Waals surface area contributed by atoms with Crippen molar-refractivity contribution in [3.05, 3.63) is 63.0 Å². The fraction of sp³-hybridized carbons (Fsp3) is 0.348. The molecular formula is C23H24ClN3O4. The van der Waals surface area contributed by atoms with Crippen molar-refractivity contribution in [2.75, 3.05) is 13.2 Å². The number of hydrogen-bond donors (Lipinski definition) is 1. The first kappa shape index (κ1) is 21.2. The van der Waals surface area contributed by atoms with Crippen molar-refractivity contribution in [1.82, 2.24) is 15.1 Å². The lowest BCUT2D eigenvalue weighted by molar-refractivity contribution is 0.0945. The van der Waals surface area contributed by atoms with Crippen LogP contribution in [0.25, 0.3) is 10.8 Å². The van der Waals surface area contributed by atoms with Crippen LogP contribution in [-0.2, 0) is 13.1 Å². The zero-order valence-corrected chi connectivity index (χ0v) is 18.1. The average Bonchev–Trinajstić information content (AvgIpc) is 2.79. The van der Waals surface area contributed by atoms with E-state index in [-0.39, 0.29) is 23.7 Å². The van der Waals surface area contributed by atoms with Gasteiger partial charge in [0, 0.05) is 18.5 Å². The van der Waals surface area contributed by atoms with Crippen molar-refractivity contribution in [1.29, 1.82) is 0 Å². The predicted octanol–water partition coefficient (Wildman–Crippen LogP) is 3.94. The molecule has 4 rings (SSSR count). The number of fused-ring (bicyclic) bond motifs is 2. The van der Waals surface area contributed by atoms with Gasteiger partial charge in [-0.05, 0) is 30.2 Å². The lowest BCUT2D eigenvalue weighted by atomic mass is 10.1. The topological polar surface area (TPSA) is 82.5 Å². The number of halogens is 1. The Morgan fingerprint density at radius 2 is 1.94 bits per heavy atom. The Labute approximate surface area is 184 Å². The molecule has 0 atom stereocenters. The number of benzene rings is 2. The quantitative estimate of drug-likeness (QED) is 0.561. The number of carbonyl (C=O) groups excluding carboxylic acids is 1. The fourth-order valence-electron chi connectivity index (χ4n) is 3.60. The molecule has 0 fully saturated rings. The average molecular weight is 442 g/mol. The highest BCUT2D eigenvalue weighted by molar-refractivity contribution is 6.32. The summed E-state index contributed by atoms with van der Waals surface area (Å²) in [6, 6.07) is 10.6. The molecule has 1 aliphatic heterocycles. The van der Waals surface area contributed by atoms with Crippen molar-refractivity contribution in [3.63, 3.8) is 0 Å². The van der Waals surface area contributed by atoms with Crippen LogP contribution >= 0.6 is 11.6 Å². The van der Waals surface area contributed by atoms with E-state index >= 15 is 0 Å². The number of unbranched alkanes of at least 4 members (excludes halogenated alkanes) is 2. The number of carbonyl (C=O) groups is 1. The van der Waals surface area contributed by atoms with E-state index in [0.29, 0.717) is 47.1 Å². The van der Waals surface area contributed by atoms with Gasteiger partial charge in [-0.1, -0.05) is 49.6 Å². The van der Waals surface area contributed by atoms with Crippen LogP contribution in [0.5, 0.6) is 11.5 Å². The van der Waals surface area contributed by atoms with Gasteiger partial charge in [0.05, 0.1) is 10.4 Å². The van der Waals surface area contributed by atoms with Crippen molar-refractivity contribution < 1.29 is 14.3 Å². The molecule has 0 bridgehead atoms. The summed E-state index contributed by atoms with van der Waals surface area (Å²) in [5.41, 5.74) is 0.834. The smallest absolute Gasteiger partial charge is 0.274 e. The molecule has 0 saturated heterocycles. The number of hydrogen-bond acceptors (Lipinski definition) is 5. The summed E-state index contributed by atoms with van der Waals surface area (Å²) < 4.78 is 12.5. The molecule has 2 heterocycles. The van der Waals surface area contributed by atoms with Gasteiger partial charge in [-0.3, -0.25) is 9.59 Å². The predicted molar refractivity (Wildman–Crippen MR) is 119 cm³/mol. The lowest BCUT2D eigenvalue weighted by Crippen LogP contribution is -2.30. The Balaban J connectivity index is 1.59. The molecule has 162 valence electrons. The van der Waals surface area contributed by atoms with Crippen molar-refractivity contribution in [2.45, 2.75) is 39.3 Å². The Kier molecular flexibility index (Phi) is 6.42. The molecule has 7 nitrogen and oxygen atoms in total. The van der Waals surface area contributed by atoms with Crippen LogP contribution in [0, 0.1) is 0 Å². The van der Waals surface area contributed by atoms with Gasteiger partial charge in [-0.15, -0.1) is 0 Å². The van der Waals surface area contributed by atoms with Crippen LogP contribution in [0.2, 0.25) is 5.02 Å². The van der Waals surface area contributed by atoms with Gasteiger partial charge in [0.15, 0.2) is 17.2 Å². The molecule has 31 heavy (non-hydrogen) atoms. The highest BCUT2D eigenvalue weighted by Crippen LogP contribution is 2.38. The zero-order chi connectivity index (χ0) is 21.8. The first-order valence-electron chi connectivity index (χ1n) is 10.4. The maximum absolute atomic E-state index is 13.0. The molecule has 0 saturated carbocycles. The maximum Gasteiger partial charge on any atom is 0.274 e. The summed E-state index contributed by atoms with van der Waals surface area (Å²) in [5.74, 6) is 0.734. The van der Waals surface area contributed by atoms with E-state index in [9.17, 15) is 9.59 Å². The highest BCUT2D eigenvalue weighted by atomic mass is 35.5. The molecule has 2 aromatic carbocycles. The van der Waals surface area contributed by atoms with Gasteiger partial charge in [0.2, 0.25) is 0 Å². The monoisotopic (exact) mass is 441 g/mol. The third kappa shape index (κ3) is 4.51. The Morgan fingerprint density at radius 1 is 1.16 bits per heavy atom.